The van der Waals surface area contributed by atoms with E-state index in [9.17, 15) is 22.8 Å². The Morgan fingerprint density at radius 3 is 2.42 bits per heavy atom. The van der Waals surface area contributed by atoms with Crippen molar-refractivity contribution in [3.05, 3.63) is 80.7 Å². The summed E-state index contributed by atoms with van der Waals surface area (Å²) in [4.78, 5) is 27.0. The van der Waals surface area contributed by atoms with Gasteiger partial charge in [-0.2, -0.15) is 13.2 Å². The van der Waals surface area contributed by atoms with Crippen LogP contribution in [0, 0.1) is 40.4 Å². The fraction of sp³-hybridized carbons (Fsp3) is 0.628. The number of benzene rings is 2. The molecule has 0 amide bonds. The van der Waals surface area contributed by atoms with Crippen molar-refractivity contribution in [2.45, 2.75) is 122 Å². The van der Waals surface area contributed by atoms with Crippen molar-refractivity contribution in [2.75, 3.05) is 6.54 Å². The average molecular weight is 714 g/mol. The molecule has 6 nitrogen and oxygen atoms in total. The number of rotatable bonds is 6. The summed E-state index contributed by atoms with van der Waals surface area (Å²) in [5.41, 5.74) is 1.83. The molecule has 1 N–H and O–H groups in total. The van der Waals surface area contributed by atoms with Crippen molar-refractivity contribution in [1.82, 2.24) is 5.32 Å². The molecule has 0 unspecified atom stereocenters. The van der Waals surface area contributed by atoms with E-state index in [0.717, 1.165) is 83.5 Å². The molecule has 52 heavy (non-hydrogen) atoms. The first-order valence-corrected chi connectivity index (χ1v) is 19.7. The van der Waals surface area contributed by atoms with Gasteiger partial charge in [0.1, 0.15) is 11.4 Å². The summed E-state index contributed by atoms with van der Waals surface area (Å²) in [6.07, 6.45) is 8.28. The zero-order valence-corrected chi connectivity index (χ0v) is 30.6. The number of hydrogen-bond donors (Lipinski definition) is 1. The molecular formula is C43H50F3N3O3. The van der Waals surface area contributed by atoms with Gasteiger partial charge in [0.25, 0.3) is 0 Å². The average Bonchev–Trinajstić information content (AvgIpc) is 3.88. The van der Waals surface area contributed by atoms with Gasteiger partial charge < -0.3 is 9.73 Å². The highest BCUT2D eigenvalue weighted by molar-refractivity contribution is 5.86. The number of halogens is 3. The van der Waals surface area contributed by atoms with Crippen LogP contribution in [0.2, 0.25) is 0 Å². The van der Waals surface area contributed by atoms with Crippen LogP contribution >= 0.6 is 0 Å². The first-order valence-electron chi connectivity index (χ1n) is 19.7. The Hall–Kier alpha value is -3.33. The number of hydrogen-bond acceptors (Lipinski definition) is 6. The Bertz CT molecular complexity index is 2020. The molecule has 276 valence electrons. The number of ketones is 1. The number of fused-ring (bicyclic) bond motifs is 9. The van der Waals surface area contributed by atoms with Crippen LogP contribution in [-0.2, 0) is 35.3 Å². The lowest BCUT2D eigenvalue weighted by atomic mass is 9.43. The van der Waals surface area contributed by atoms with E-state index in [1.54, 1.807) is 12.1 Å². The van der Waals surface area contributed by atoms with Crippen LogP contribution in [0.15, 0.2) is 61.9 Å². The normalized spacial score (nSPS) is 35.8. The summed E-state index contributed by atoms with van der Waals surface area (Å²) >= 11 is 0. The van der Waals surface area contributed by atoms with Gasteiger partial charge in [0, 0.05) is 30.3 Å². The predicted octanol–water partition coefficient (Wildman–Crippen LogP) is 9.74. The lowest BCUT2D eigenvalue weighted by Crippen LogP contribution is -2.60. The Kier molecular flexibility index (Phi) is 7.84. The summed E-state index contributed by atoms with van der Waals surface area (Å²) in [5, 5.41) is 11.4. The van der Waals surface area contributed by atoms with Crippen LogP contribution < -0.4 is 10.9 Å². The van der Waals surface area contributed by atoms with Gasteiger partial charge in [0.15, 0.2) is 0 Å². The molecule has 3 aromatic rings. The molecule has 0 saturated heterocycles. The number of aryl methyl sites for hydroxylation is 1. The third-order valence-electron chi connectivity index (χ3n) is 15.8. The Balaban J connectivity index is 0.898. The van der Waals surface area contributed by atoms with E-state index in [2.05, 4.69) is 36.3 Å². The van der Waals surface area contributed by atoms with Crippen LogP contribution in [0.3, 0.4) is 0 Å². The van der Waals surface area contributed by atoms with Crippen LogP contribution in [0.5, 0.6) is 0 Å². The molecular weight excluding hydrogens is 663 g/mol. The maximum Gasteiger partial charge on any atom is 0.442 e. The molecule has 2 aromatic carbocycles. The minimum atomic E-state index is -4.57. The van der Waals surface area contributed by atoms with Gasteiger partial charge >= 0.3 is 17.5 Å². The van der Waals surface area contributed by atoms with Crippen LogP contribution in [0.25, 0.3) is 11.0 Å². The largest absolute Gasteiger partial charge is 0.442 e. The molecule has 1 aromatic heterocycles. The molecule has 4 aliphatic carbocycles. The molecule has 4 saturated carbocycles. The van der Waals surface area contributed by atoms with Crippen molar-refractivity contribution in [3.8, 4) is 0 Å². The molecule has 6 aliphatic rings. The van der Waals surface area contributed by atoms with Crippen molar-refractivity contribution < 1.29 is 22.4 Å². The Morgan fingerprint density at radius 1 is 0.923 bits per heavy atom. The zero-order chi connectivity index (χ0) is 36.3. The number of Topliss-reactive ketones (excluding diaryl/α,β-unsaturated/α-hetero) is 1. The smallest absolute Gasteiger partial charge is 0.422 e. The number of nitrogens with one attached hydrogen (secondary N) is 1. The lowest BCUT2D eigenvalue weighted by Gasteiger charge is -2.63. The molecule has 0 bridgehead atoms. The Morgan fingerprint density at radius 2 is 1.67 bits per heavy atom. The minimum Gasteiger partial charge on any atom is -0.422 e. The van der Waals surface area contributed by atoms with E-state index < -0.39 is 11.8 Å². The molecule has 0 radical (unpaired) electrons. The first kappa shape index (κ1) is 34.4. The van der Waals surface area contributed by atoms with Crippen molar-refractivity contribution in [1.29, 1.82) is 0 Å². The monoisotopic (exact) mass is 713 g/mol. The van der Waals surface area contributed by atoms with Gasteiger partial charge in [-0.3, -0.25) is 4.79 Å². The Labute approximate surface area is 303 Å². The highest BCUT2D eigenvalue weighted by atomic mass is 19.4. The summed E-state index contributed by atoms with van der Waals surface area (Å²) in [7, 11) is 0. The molecule has 1 spiro atoms. The third-order valence-corrected chi connectivity index (χ3v) is 15.8. The topological polar surface area (TPSA) is 84.0 Å². The number of nitrogens with zero attached hydrogens (tertiary/aromatic N) is 2. The predicted molar refractivity (Wildman–Crippen MR) is 193 cm³/mol. The van der Waals surface area contributed by atoms with Gasteiger partial charge in [-0.15, -0.1) is 10.2 Å². The quantitative estimate of drug-likeness (QED) is 0.258. The first-order chi connectivity index (χ1) is 24.8. The second-order valence-corrected chi connectivity index (χ2v) is 18.0. The second-order valence-electron chi connectivity index (χ2n) is 18.0. The molecule has 8 atom stereocenters. The summed E-state index contributed by atoms with van der Waals surface area (Å²) in [6, 6.07) is 11.8. The van der Waals surface area contributed by atoms with E-state index in [-0.39, 0.29) is 35.4 Å². The van der Waals surface area contributed by atoms with E-state index in [0.29, 0.717) is 28.8 Å². The van der Waals surface area contributed by atoms with Gasteiger partial charge in [0.2, 0.25) is 0 Å². The fourth-order valence-electron chi connectivity index (χ4n) is 12.5. The standard InChI is InChI=1S/C43H50F3N3O3/c1-25-4-15-34-33-14-11-29-24-41(20-19-40(29,3)35(33)16-18-39(25,34)2)37-32(17-21-47-41)31-13-8-27(23-36(31)52-38(37)51)22-30(50)12-7-26-5-9-28(10-6-26)42(48-49-42)43(44,45)46/h5-6,8-10,13,23,25,29,33-35,47H,4,7,11-12,14-22,24H2,1-3H3/t25-,29-,33-,34-,35-,39+,40-,41+/m0/s1. The SMILES string of the molecule is C[C@H]1CC[C@H]2[C@@H]3CC[C@H]4C[C@@]5(CC[C@]4(C)[C@H]3CC[C@]12C)NCCc1c5c(=O)oc2cc(CC(=O)CCc3ccc(C4(C(F)(F)F)N=N4)cc3)ccc12. The van der Waals surface area contributed by atoms with Gasteiger partial charge in [-0.1, -0.05) is 57.2 Å². The number of carbonyl (C=O) groups excluding carboxylic acids is 1. The highest BCUT2D eigenvalue weighted by Crippen LogP contribution is 2.68. The summed E-state index contributed by atoms with van der Waals surface area (Å²) in [5.74, 6) is 3.95. The molecule has 9 heteroatoms. The van der Waals surface area contributed by atoms with E-state index in [4.69, 9.17) is 4.42 Å². The van der Waals surface area contributed by atoms with E-state index in [1.165, 1.54) is 50.7 Å². The summed E-state index contributed by atoms with van der Waals surface area (Å²) < 4.78 is 46.1. The molecule has 9 rings (SSSR count). The number of alkyl halides is 3. The minimum absolute atomic E-state index is 0.0100. The van der Waals surface area contributed by atoms with Crippen molar-refractivity contribution >= 4 is 16.8 Å². The zero-order valence-electron chi connectivity index (χ0n) is 30.6. The van der Waals surface area contributed by atoms with Gasteiger partial charge in [-0.05, 0) is 134 Å². The van der Waals surface area contributed by atoms with Gasteiger partial charge in [-0.25, -0.2) is 4.79 Å². The highest BCUT2D eigenvalue weighted by Gasteiger charge is 2.65. The molecule has 4 fully saturated rings. The lowest BCUT2D eigenvalue weighted by molar-refractivity contribution is -0.166. The van der Waals surface area contributed by atoms with Crippen LogP contribution in [0.4, 0.5) is 13.2 Å². The van der Waals surface area contributed by atoms with Gasteiger partial charge in [0.05, 0.1) is 11.1 Å². The van der Waals surface area contributed by atoms with Crippen molar-refractivity contribution in [3.63, 3.8) is 0 Å². The second kappa shape index (κ2) is 11.8. The van der Waals surface area contributed by atoms with Crippen LogP contribution in [0.1, 0.15) is 113 Å². The van der Waals surface area contributed by atoms with E-state index >= 15 is 0 Å². The molecule has 3 heterocycles. The van der Waals surface area contributed by atoms with Crippen LogP contribution in [-0.4, -0.2) is 18.5 Å². The number of carbonyl (C=O) groups is 1. The fourth-order valence-corrected chi connectivity index (χ4v) is 12.5. The van der Waals surface area contributed by atoms with Crippen molar-refractivity contribution in [2.24, 2.45) is 50.6 Å². The maximum atomic E-state index is 14.0. The van der Waals surface area contributed by atoms with E-state index in [1.807, 2.05) is 18.2 Å². The summed E-state index contributed by atoms with van der Waals surface area (Å²) in [6.45, 7) is 8.52. The third kappa shape index (κ3) is 5.14. The molecule has 2 aliphatic heterocycles. The maximum absolute atomic E-state index is 14.0.